The Labute approximate surface area is 206 Å². The van der Waals surface area contributed by atoms with Crippen molar-refractivity contribution in [2.24, 2.45) is 5.41 Å². The highest BCUT2D eigenvalue weighted by Gasteiger charge is 2.51. The van der Waals surface area contributed by atoms with Crippen molar-refractivity contribution in [3.63, 3.8) is 0 Å². The fourth-order valence-electron chi connectivity index (χ4n) is 3.63. The van der Waals surface area contributed by atoms with E-state index in [1.54, 1.807) is 0 Å². The quantitative estimate of drug-likeness (QED) is 0.335. The van der Waals surface area contributed by atoms with Crippen molar-refractivity contribution in [1.82, 2.24) is 20.3 Å². The van der Waals surface area contributed by atoms with Crippen LogP contribution >= 0.6 is 11.6 Å². The van der Waals surface area contributed by atoms with E-state index in [0.717, 1.165) is 12.1 Å². The number of aromatic nitrogens is 3. The van der Waals surface area contributed by atoms with E-state index < -0.39 is 34.2 Å². The molecule has 4 N–H and O–H groups in total. The number of ketones is 1. The minimum atomic E-state index is -4.60. The summed E-state index contributed by atoms with van der Waals surface area (Å²) in [5.41, 5.74) is -2.98. The van der Waals surface area contributed by atoms with Crippen LogP contribution in [0.5, 0.6) is 0 Å². The number of pyridine rings is 1. The number of hydrogen-bond donors (Lipinski definition) is 4. The van der Waals surface area contributed by atoms with Crippen LogP contribution in [0.4, 0.5) is 24.5 Å². The molecule has 2 heterocycles. The molecule has 188 valence electrons. The average Bonchev–Trinajstić information content (AvgIpc) is 3.59. The molecular weight excluding hydrogens is 503 g/mol. The van der Waals surface area contributed by atoms with Gasteiger partial charge in [-0.05, 0) is 43.2 Å². The number of Topliss-reactive ketones (excluding diaryl/α,β-unsaturated/α-hetero) is 1. The third kappa shape index (κ3) is 5.82. The van der Waals surface area contributed by atoms with Crippen molar-refractivity contribution >= 4 is 34.7 Å². The van der Waals surface area contributed by atoms with E-state index >= 15 is 0 Å². The maximum atomic E-state index is 13.3. The molecule has 1 aromatic carbocycles. The maximum Gasteiger partial charge on any atom is 0.418 e. The van der Waals surface area contributed by atoms with Gasteiger partial charge >= 0.3 is 11.9 Å². The van der Waals surface area contributed by atoms with E-state index in [0.29, 0.717) is 24.2 Å². The molecule has 0 bridgehead atoms. The highest BCUT2D eigenvalue weighted by Crippen LogP contribution is 2.49. The SMILES string of the molecule is O=C(CC1(C(=O)NCc2ccc(Nc3ccc(Cl)cc3C(F)(F)F)cn2)CC1)c1cc(=O)[nH]c(=O)[nH]1. The molecule has 4 rings (SSSR count). The number of nitrogens with zero attached hydrogens (tertiary/aromatic N) is 1. The smallest absolute Gasteiger partial charge is 0.354 e. The summed E-state index contributed by atoms with van der Waals surface area (Å²) < 4.78 is 39.8. The molecule has 0 spiro atoms. The fraction of sp³-hybridized carbons (Fsp3) is 0.261. The number of carbonyl (C=O) groups excluding carboxylic acids is 2. The van der Waals surface area contributed by atoms with Crippen LogP contribution in [-0.4, -0.2) is 26.6 Å². The van der Waals surface area contributed by atoms with Gasteiger partial charge in [0, 0.05) is 17.5 Å². The van der Waals surface area contributed by atoms with Gasteiger partial charge in [0.15, 0.2) is 5.78 Å². The lowest BCUT2D eigenvalue weighted by molar-refractivity contribution is -0.137. The molecule has 1 amide bonds. The molecule has 0 saturated heterocycles. The number of amides is 1. The number of H-pyrrole nitrogens is 2. The van der Waals surface area contributed by atoms with Gasteiger partial charge in [0.25, 0.3) is 5.56 Å². The largest absolute Gasteiger partial charge is 0.418 e. The molecule has 0 radical (unpaired) electrons. The Morgan fingerprint density at radius 1 is 1.08 bits per heavy atom. The van der Waals surface area contributed by atoms with Crippen LogP contribution in [0.25, 0.3) is 0 Å². The van der Waals surface area contributed by atoms with Crippen LogP contribution in [0.15, 0.2) is 52.2 Å². The number of carbonyl (C=O) groups is 2. The summed E-state index contributed by atoms with van der Waals surface area (Å²) in [5.74, 6) is -0.900. The molecule has 9 nitrogen and oxygen atoms in total. The van der Waals surface area contributed by atoms with Crippen LogP contribution in [0.2, 0.25) is 5.02 Å². The number of alkyl halides is 3. The Hall–Kier alpha value is -3.93. The predicted octanol–water partition coefficient (Wildman–Crippen LogP) is 3.54. The first-order valence-electron chi connectivity index (χ1n) is 10.7. The van der Waals surface area contributed by atoms with E-state index in [-0.39, 0.29) is 35.3 Å². The summed E-state index contributed by atoms with van der Waals surface area (Å²) in [6.45, 7) is 0.0334. The molecule has 2 aromatic heterocycles. The maximum absolute atomic E-state index is 13.3. The van der Waals surface area contributed by atoms with Crippen molar-refractivity contribution in [2.45, 2.75) is 32.0 Å². The first-order valence-corrected chi connectivity index (χ1v) is 11.1. The van der Waals surface area contributed by atoms with Gasteiger partial charge in [-0.3, -0.25) is 24.4 Å². The lowest BCUT2D eigenvalue weighted by Gasteiger charge is -2.16. The lowest BCUT2D eigenvalue weighted by atomic mass is 9.96. The number of hydrogen-bond acceptors (Lipinski definition) is 6. The first-order chi connectivity index (χ1) is 16.9. The number of halogens is 4. The Bertz CT molecular complexity index is 1400. The van der Waals surface area contributed by atoms with Gasteiger partial charge in [-0.2, -0.15) is 13.2 Å². The average molecular weight is 522 g/mol. The lowest BCUT2D eigenvalue weighted by Crippen LogP contribution is -2.34. The van der Waals surface area contributed by atoms with E-state index in [9.17, 15) is 32.3 Å². The zero-order valence-electron chi connectivity index (χ0n) is 18.5. The number of nitrogens with one attached hydrogen (secondary N) is 4. The van der Waals surface area contributed by atoms with Crippen LogP contribution in [0.1, 0.15) is 41.0 Å². The molecule has 1 saturated carbocycles. The second kappa shape index (κ2) is 9.61. The molecule has 1 fully saturated rings. The van der Waals surface area contributed by atoms with Crippen LogP contribution < -0.4 is 21.9 Å². The third-order valence-electron chi connectivity index (χ3n) is 5.72. The standard InChI is InChI=1S/C23H19ClF3N5O4/c24-12-1-4-16(15(7-12)23(25,26)27)30-14-3-2-13(28-11-14)10-29-20(35)22(5-6-22)9-18(33)17-8-19(34)32-21(36)31-17/h1-4,7-8,11,30H,5-6,9-10H2,(H,29,35)(H2,31,32,34,36). The molecule has 0 unspecified atom stereocenters. The highest BCUT2D eigenvalue weighted by molar-refractivity contribution is 6.30. The number of aromatic amines is 2. The summed E-state index contributed by atoms with van der Waals surface area (Å²) in [7, 11) is 0. The zero-order chi connectivity index (χ0) is 26.1. The molecule has 1 aliphatic carbocycles. The summed E-state index contributed by atoms with van der Waals surface area (Å²) in [4.78, 5) is 56.4. The van der Waals surface area contributed by atoms with Gasteiger partial charge in [-0.1, -0.05) is 11.6 Å². The molecule has 3 aromatic rings. The molecule has 0 atom stereocenters. The summed E-state index contributed by atoms with van der Waals surface area (Å²) in [6, 6.07) is 7.41. The van der Waals surface area contributed by atoms with Crippen molar-refractivity contribution < 1.29 is 22.8 Å². The van der Waals surface area contributed by atoms with Crippen molar-refractivity contribution in [3.8, 4) is 0 Å². The van der Waals surface area contributed by atoms with Gasteiger partial charge in [0.1, 0.15) is 0 Å². The Morgan fingerprint density at radius 3 is 2.44 bits per heavy atom. The van der Waals surface area contributed by atoms with Crippen molar-refractivity contribution in [1.29, 1.82) is 0 Å². The minimum absolute atomic E-state index is 0.0334. The van der Waals surface area contributed by atoms with Gasteiger partial charge in [-0.25, -0.2) is 4.79 Å². The number of rotatable bonds is 8. The second-order valence-corrected chi connectivity index (χ2v) is 8.85. The van der Waals surface area contributed by atoms with E-state index in [4.69, 9.17) is 11.6 Å². The van der Waals surface area contributed by atoms with Gasteiger partial charge in [0.05, 0.1) is 46.5 Å². The highest BCUT2D eigenvalue weighted by atomic mass is 35.5. The monoisotopic (exact) mass is 521 g/mol. The van der Waals surface area contributed by atoms with Crippen molar-refractivity contribution in [2.75, 3.05) is 5.32 Å². The second-order valence-electron chi connectivity index (χ2n) is 8.42. The molecule has 0 aliphatic heterocycles. The van der Waals surface area contributed by atoms with Gasteiger partial charge in [0.2, 0.25) is 5.91 Å². The molecular formula is C23H19ClF3N5O4. The Kier molecular flexibility index (Phi) is 6.72. The molecule has 36 heavy (non-hydrogen) atoms. The van der Waals surface area contributed by atoms with E-state index in [1.807, 2.05) is 4.98 Å². The minimum Gasteiger partial charge on any atom is -0.354 e. The van der Waals surface area contributed by atoms with E-state index in [2.05, 4.69) is 20.6 Å². The van der Waals surface area contributed by atoms with Gasteiger partial charge in [-0.15, -0.1) is 0 Å². The van der Waals surface area contributed by atoms with Gasteiger partial charge < -0.3 is 15.6 Å². The summed E-state index contributed by atoms with van der Waals surface area (Å²) >= 11 is 5.69. The van der Waals surface area contributed by atoms with E-state index in [1.165, 1.54) is 30.5 Å². The number of benzene rings is 1. The normalized spacial score (nSPS) is 14.2. The molecule has 1 aliphatic rings. The van der Waals surface area contributed by atoms with Crippen LogP contribution in [0.3, 0.4) is 0 Å². The topological polar surface area (TPSA) is 137 Å². The predicted molar refractivity (Wildman–Crippen MR) is 124 cm³/mol. The Balaban J connectivity index is 1.36. The Morgan fingerprint density at radius 2 is 1.83 bits per heavy atom. The fourth-order valence-corrected chi connectivity index (χ4v) is 3.81. The summed E-state index contributed by atoms with van der Waals surface area (Å²) in [6.07, 6.45) is -2.50. The summed E-state index contributed by atoms with van der Waals surface area (Å²) in [5, 5.41) is 5.33. The van der Waals surface area contributed by atoms with Crippen LogP contribution in [-0.2, 0) is 17.5 Å². The van der Waals surface area contributed by atoms with Crippen LogP contribution in [0, 0.1) is 5.41 Å². The number of anilines is 2. The van der Waals surface area contributed by atoms with Crippen molar-refractivity contribution in [3.05, 3.63) is 85.4 Å². The molecule has 13 heteroatoms. The first kappa shape index (κ1) is 25.2. The third-order valence-corrected chi connectivity index (χ3v) is 5.95. The zero-order valence-corrected chi connectivity index (χ0v) is 19.2.